The molecule has 4 aromatic carbocycles. The van der Waals surface area contributed by atoms with E-state index < -0.39 is 33.5 Å². The first-order valence-electron chi connectivity index (χ1n) is 17.3. The average molecular weight is 733 g/mol. The fraction of sp³-hybridized carbons (Fsp3) is 0.256. The maximum atomic E-state index is 13.9. The van der Waals surface area contributed by atoms with Crippen LogP contribution in [-0.2, 0) is 18.3 Å². The third-order valence-electron chi connectivity index (χ3n) is 8.83. The minimum absolute atomic E-state index is 0.0140. The number of aromatic nitrogens is 1. The molecule has 0 aliphatic carbocycles. The van der Waals surface area contributed by atoms with Gasteiger partial charge >= 0.3 is 14.0 Å². The normalized spacial score (nSPS) is 12.6. The minimum Gasteiger partial charge on any atom is -0.481 e. The second kappa shape index (κ2) is 17.2. The first-order chi connectivity index (χ1) is 24.9. The molecule has 1 heterocycles. The lowest BCUT2D eigenvalue weighted by atomic mass is 9.93. The van der Waals surface area contributed by atoms with Crippen molar-refractivity contribution in [1.29, 1.82) is 0 Å². The molecule has 0 spiro atoms. The summed E-state index contributed by atoms with van der Waals surface area (Å²) in [5, 5.41) is 11.5. The van der Waals surface area contributed by atoms with Crippen molar-refractivity contribution in [3.63, 3.8) is 0 Å². The second-order valence-corrected chi connectivity index (χ2v) is 19.5. The number of halogens is 1. The van der Waals surface area contributed by atoms with Crippen LogP contribution in [0.25, 0.3) is 22.4 Å². The molecular weight excluding hydrogens is 689 g/mol. The standard InChI is InChI=1S/C43H43FNO5PSi/c1-31(2)42-38(39(32-23-25-34(44)26-24-32)29-40(45-42)33-16-9-6-10-17-33)22-15-27-49-51(48)30-35(28-41(46)47)50-52(43(3,4)5,36-18-11-7-12-19-36)37-20-13-8-14-21-37/h6-14,16-21,23-26,29,31,35H,27-28,30H2,1-5H3/p+1. The van der Waals surface area contributed by atoms with Gasteiger partial charge in [0, 0.05) is 11.1 Å². The summed E-state index contributed by atoms with van der Waals surface area (Å²) in [6, 6.07) is 37.9. The molecule has 1 N–H and O–H groups in total. The zero-order valence-electron chi connectivity index (χ0n) is 30.2. The van der Waals surface area contributed by atoms with Crippen LogP contribution in [0.15, 0.2) is 121 Å². The van der Waals surface area contributed by atoms with Crippen molar-refractivity contribution in [2.75, 3.05) is 12.8 Å². The molecule has 0 bridgehead atoms. The number of rotatable bonds is 13. The fourth-order valence-corrected chi connectivity index (χ4v) is 12.1. The highest BCUT2D eigenvalue weighted by Gasteiger charge is 2.52. The van der Waals surface area contributed by atoms with Gasteiger partial charge in [-0.2, -0.15) is 0 Å². The van der Waals surface area contributed by atoms with Gasteiger partial charge in [0.1, 0.15) is 11.9 Å². The van der Waals surface area contributed by atoms with E-state index in [2.05, 4.69) is 32.6 Å². The topological polar surface area (TPSA) is 85.7 Å². The smallest absolute Gasteiger partial charge is 0.481 e. The lowest BCUT2D eigenvalue weighted by Gasteiger charge is -2.44. The molecule has 2 atom stereocenters. The Morgan fingerprint density at radius 3 is 1.94 bits per heavy atom. The van der Waals surface area contributed by atoms with Gasteiger partial charge in [0.15, 0.2) is 6.61 Å². The van der Waals surface area contributed by atoms with Gasteiger partial charge in [0.25, 0.3) is 8.32 Å². The zero-order chi connectivity index (χ0) is 37.3. The van der Waals surface area contributed by atoms with Crippen molar-refractivity contribution in [2.24, 2.45) is 0 Å². The van der Waals surface area contributed by atoms with E-state index in [0.717, 1.165) is 38.5 Å². The van der Waals surface area contributed by atoms with Gasteiger partial charge in [-0.1, -0.05) is 150 Å². The molecule has 0 fully saturated rings. The monoisotopic (exact) mass is 732 g/mol. The Bertz CT molecular complexity index is 2000. The molecule has 6 nitrogen and oxygen atoms in total. The van der Waals surface area contributed by atoms with E-state index in [-0.39, 0.29) is 30.9 Å². The van der Waals surface area contributed by atoms with Crippen LogP contribution >= 0.6 is 8.03 Å². The minimum atomic E-state index is -3.12. The van der Waals surface area contributed by atoms with Gasteiger partial charge in [-0.15, -0.1) is 4.52 Å². The Hall–Kier alpha value is -4.77. The van der Waals surface area contributed by atoms with E-state index in [1.807, 2.05) is 111 Å². The second-order valence-electron chi connectivity index (χ2n) is 13.9. The SMILES string of the molecule is CC(C)c1nc(-c2ccccc2)cc(-c2ccc(F)cc2)c1C#CCO[P+](=O)CC(CC(=O)O)O[Si](c1ccccc1)(c1ccccc1)C(C)(C)C. The molecule has 5 rings (SSSR count). The van der Waals surface area contributed by atoms with Gasteiger partial charge in [-0.25, -0.2) is 4.39 Å². The Labute approximate surface area is 308 Å². The predicted molar refractivity (Wildman–Crippen MR) is 209 cm³/mol. The van der Waals surface area contributed by atoms with Crippen molar-refractivity contribution in [3.05, 3.63) is 138 Å². The van der Waals surface area contributed by atoms with Crippen molar-refractivity contribution < 1.29 is 27.8 Å². The molecule has 0 amide bonds. The molecule has 52 heavy (non-hydrogen) atoms. The first kappa shape index (κ1) is 38.5. The summed E-state index contributed by atoms with van der Waals surface area (Å²) >= 11 is 0. The van der Waals surface area contributed by atoms with Gasteiger partial charge in [-0.3, -0.25) is 9.78 Å². The molecule has 5 aromatic rings. The van der Waals surface area contributed by atoms with Crippen molar-refractivity contribution in [3.8, 4) is 34.2 Å². The molecule has 0 saturated heterocycles. The molecule has 266 valence electrons. The lowest BCUT2D eigenvalue weighted by molar-refractivity contribution is -0.138. The van der Waals surface area contributed by atoms with E-state index in [1.165, 1.54) is 12.1 Å². The lowest BCUT2D eigenvalue weighted by Crippen LogP contribution is -2.68. The van der Waals surface area contributed by atoms with Crippen molar-refractivity contribution in [2.45, 2.75) is 58.1 Å². The molecule has 0 aliphatic rings. The van der Waals surface area contributed by atoms with Crippen LogP contribution in [-0.4, -0.2) is 43.2 Å². The van der Waals surface area contributed by atoms with E-state index in [9.17, 15) is 18.9 Å². The van der Waals surface area contributed by atoms with Crippen LogP contribution in [0, 0.1) is 17.7 Å². The number of benzene rings is 4. The summed E-state index contributed by atoms with van der Waals surface area (Å²) in [6.07, 6.45) is -1.33. The quantitative estimate of drug-likeness (QED) is 0.0739. The maximum absolute atomic E-state index is 13.9. The van der Waals surface area contributed by atoms with E-state index in [4.69, 9.17) is 13.9 Å². The van der Waals surface area contributed by atoms with Crippen LogP contribution in [0.4, 0.5) is 4.39 Å². The number of aliphatic carboxylic acids is 1. The third-order valence-corrected chi connectivity index (χ3v) is 15.0. The summed E-state index contributed by atoms with van der Waals surface area (Å²) in [5.41, 5.74) is 4.77. The highest BCUT2D eigenvalue weighted by molar-refractivity contribution is 7.39. The van der Waals surface area contributed by atoms with Crippen LogP contribution in [0.5, 0.6) is 0 Å². The highest BCUT2D eigenvalue weighted by Crippen LogP contribution is 2.39. The Kier molecular flexibility index (Phi) is 12.7. The van der Waals surface area contributed by atoms with Gasteiger partial charge in [0.2, 0.25) is 6.16 Å². The summed E-state index contributed by atoms with van der Waals surface area (Å²) < 4.78 is 40.2. The number of carbonyl (C=O) groups is 1. The zero-order valence-corrected chi connectivity index (χ0v) is 32.1. The summed E-state index contributed by atoms with van der Waals surface area (Å²) in [4.78, 5) is 17.1. The van der Waals surface area contributed by atoms with Crippen LogP contribution in [0.2, 0.25) is 5.04 Å². The Balaban J connectivity index is 1.43. The number of carboxylic acid groups (broad SMARTS) is 1. The number of carboxylic acids is 1. The molecule has 9 heteroatoms. The molecule has 0 radical (unpaired) electrons. The molecule has 0 aliphatic heterocycles. The van der Waals surface area contributed by atoms with Crippen molar-refractivity contribution >= 4 is 32.7 Å². The van der Waals surface area contributed by atoms with Gasteiger partial charge in [0.05, 0.1) is 23.4 Å². The number of pyridine rings is 1. The number of nitrogens with zero attached hydrogens (tertiary/aromatic N) is 1. The fourth-order valence-electron chi connectivity index (χ4n) is 6.46. The van der Waals surface area contributed by atoms with Crippen LogP contribution in [0.1, 0.15) is 58.2 Å². The highest BCUT2D eigenvalue weighted by atomic mass is 31.1. The van der Waals surface area contributed by atoms with Gasteiger partial charge in [-0.05, 0) is 49.7 Å². The third kappa shape index (κ3) is 9.17. The molecule has 2 unspecified atom stereocenters. The maximum Gasteiger partial charge on any atom is 0.511 e. The number of hydrogen-bond donors (Lipinski definition) is 1. The number of hydrogen-bond acceptors (Lipinski definition) is 5. The molecular formula is C43H44FNO5PSi+. The van der Waals surface area contributed by atoms with Crippen molar-refractivity contribution in [1.82, 2.24) is 4.98 Å². The van der Waals surface area contributed by atoms with Crippen LogP contribution in [0.3, 0.4) is 0 Å². The van der Waals surface area contributed by atoms with E-state index >= 15 is 0 Å². The van der Waals surface area contributed by atoms with E-state index in [1.54, 1.807) is 12.1 Å². The average Bonchev–Trinajstić information content (AvgIpc) is 3.12. The van der Waals surface area contributed by atoms with Crippen LogP contribution < -0.4 is 10.4 Å². The summed E-state index contributed by atoms with van der Waals surface area (Å²) in [6.45, 7) is 10.2. The van der Waals surface area contributed by atoms with E-state index in [0.29, 0.717) is 5.56 Å². The first-order valence-corrected chi connectivity index (χ1v) is 20.6. The van der Waals surface area contributed by atoms with Gasteiger partial charge < -0.3 is 9.53 Å². The predicted octanol–water partition coefficient (Wildman–Crippen LogP) is 9.21. The molecule has 0 saturated carbocycles. The largest absolute Gasteiger partial charge is 0.511 e. The Morgan fingerprint density at radius 2 is 1.42 bits per heavy atom. The molecule has 1 aromatic heterocycles. The summed E-state index contributed by atoms with van der Waals surface area (Å²) in [5.74, 6) is 4.87. The summed E-state index contributed by atoms with van der Waals surface area (Å²) in [7, 11) is -5.47. The Morgan fingerprint density at radius 1 is 0.865 bits per heavy atom.